The molecular formula is C14H21NO4. The molecule has 5 nitrogen and oxygen atoms in total. The number of phenolic OH excluding ortho intramolecular Hbond substituents is 1. The van der Waals surface area contributed by atoms with E-state index in [4.69, 9.17) is 9.84 Å². The van der Waals surface area contributed by atoms with Crippen molar-refractivity contribution in [1.82, 2.24) is 4.90 Å². The van der Waals surface area contributed by atoms with Crippen LogP contribution in [0.3, 0.4) is 0 Å². The SMILES string of the molecule is CCOc1cc(CN(CC(=O)O)C(C)C)ccc1O. The third-order valence-corrected chi connectivity index (χ3v) is 2.78. The molecule has 0 aliphatic carbocycles. The fourth-order valence-electron chi connectivity index (χ4n) is 1.76. The Labute approximate surface area is 113 Å². The molecule has 0 saturated heterocycles. The number of hydrogen-bond acceptors (Lipinski definition) is 4. The number of aromatic hydroxyl groups is 1. The van der Waals surface area contributed by atoms with Gasteiger partial charge in [-0.05, 0) is 38.5 Å². The van der Waals surface area contributed by atoms with E-state index in [-0.39, 0.29) is 18.3 Å². The Balaban J connectivity index is 2.84. The van der Waals surface area contributed by atoms with Crippen molar-refractivity contribution in [2.75, 3.05) is 13.2 Å². The molecule has 0 spiro atoms. The number of carboxylic acids is 1. The van der Waals surface area contributed by atoms with E-state index in [1.807, 2.05) is 25.7 Å². The van der Waals surface area contributed by atoms with Crippen LogP contribution in [0.2, 0.25) is 0 Å². The molecular weight excluding hydrogens is 246 g/mol. The normalized spacial score (nSPS) is 11.0. The highest BCUT2D eigenvalue weighted by atomic mass is 16.5. The van der Waals surface area contributed by atoms with Crippen LogP contribution >= 0.6 is 0 Å². The van der Waals surface area contributed by atoms with Crippen molar-refractivity contribution in [3.8, 4) is 11.5 Å². The number of nitrogens with zero attached hydrogens (tertiary/aromatic N) is 1. The molecule has 1 aromatic rings. The summed E-state index contributed by atoms with van der Waals surface area (Å²) in [4.78, 5) is 12.7. The zero-order valence-corrected chi connectivity index (χ0v) is 11.6. The molecule has 0 amide bonds. The van der Waals surface area contributed by atoms with E-state index in [0.717, 1.165) is 5.56 Å². The van der Waals surface area contributed by atoms with Gasteiger partial charge in [0.15, 0.2) is 11.5 Å². The number of carbonyl (C=O) groups is 1. The van der Waals surface area contributed by atoms with Crippen LogP contribution in [-0.2, 0) is 11.3 Å². The van der Waals surface area contributed by atoms with Gasteiger partial charge in [-0.1, -0.05) is 6.07 Å². The van der Waals surface area contributed by atoms with Crippen LogP contribution in [0, 0.1) is 0 Å². The second kappa shape index (κ2) is 6.99. The predicted octanol–water partition coefficient (Wildman–Crippen LogP) is 2.09. The van der Waals surface area contributed by atoms with Crippen LogP contribution in [0.1, 0.15) is 26.3 Å². The van der Waals surface area contributed by atoms with E-state index in [1.54, 1.807) is 18.2 Å². The second-order valence-corrected chi connectivity index (χ2v) is 4.63. The lowest BCUT2D eigenvalue weighted by atomic mass is 10.1. The molecule has 19 heavy (non-hydrogen) atoms. The lowest BCUT2D eigenvalue weighted by molar-refractivity contribution is -0.138. The van der Waals surface area contributed by atoms with Crippen molar-refractivity contribution in [3.05, 3.63) is 23.8 Å². The van der Waals surface area contributed by atoms with Crippen molar-refractivity contribution < 1.29 is 19.7 Å². The summed E-state index contributed by atoms with van der Waals surface area (Å²) in [5.74, 6) is -0.323. The molecule has 0 heterocycles. The van der Waals surface area contributed by atoms with Crippen LogP contribution in [-0.4, -0.2) is 40.3 Å². The molecule has 0 fully saturated rings. The molecule has 2 N–H and O–H groups in total. The molecule has 0 bridgehead atoms. The summed E-state index contributed by atoms with van der Waals surface area (Å²) in [7, 11) is 0. The summed E-state index contributed by atoms with van der Waals surface area (Å²) in [6.07, 6.45) is 0. The Hall–Kier alpha value is -1.75. The molecule has 1 rings (SSSR count). The fourth-order valence-corrected chi connectivity index (χ4v) is 1.76. The maximum absolute atomic E-state index is 10.8. The maximum Gasteiger partial charge on any atom is 0.317 e. The molecule has 0 aliphatic rings. The number of aliphatic carboxylic acids is 1. The average Bonchev–Trinajstić information content (AvgIpc) is 2.32. The number of phenols is 1. The summed E-state index contributed by atoms with van der Waals surface area (Å²) in [6.45, 7) is 6.71. The molecule has 0 atom stereocenters. The Morgan fingerprint density at radius 2 is 2.11 bits per heavy atom. The molecule has 1 aromatic carbocycles. The third kappa shape index (κ3) is 4.79. The zero-order valence-electron chi connectivity index (χ0n) is 11.6. The lowest BCUT2D eigenvalue weighted by Crippen LogP contribution is -2.35. The van der Waals surface area contributed by atoms with Gasteiger partial charge in [-0.15, -0.1) is 0 Å². The smallest absolute Gasteiger partial charge is 0.317 e. The summed E-state index contributed by atoms with van der Waals surface area (Å²) in [5, 5.41) is 18.5. The summed E-state index contributed by atoms with van der Waals surface area (Å²) in [6, 6.07) is 5.21. The summed E-state index contributed by atoms with van der Waals surface area (Å²) >= 11 is 0. The minimum Gasteiger partial charge on any atom is -0.504 e. The van der Waals surface area contributed by atoms with Crippen LogP contribution in [0.25, 0.3) is 0 Å². The fraction of sp³-hybridized carbons (Fsp3) is 0.500. The van der Waals surface area contributed by atoms with Crippen LogP contribution in [0.5, 0.6) is 11.5 Å². The van der Waals surface area contributed by atoms with Gasteiger partial charge in [0.2, 0.25) is 0 Å². The lowest BCUT2D eigenvalue weighted by Gasteiger charge is -2.24. The van der Waals surface area contributed by atoms with Crippen LogP contribution in [0.15, 0.2) is 18.2 Å². The standard InChI is InChI=1S/C14H21NO4/c1-4-19-13-7-11(5-6-12(13)16)8-15(10(2)3)9-14(17)18/h5-7,10,16H,4,8-9H2,1-3H3,(H,17,18). The number of ether oxygens (including phenoxy) is 1. The van der Waals surface area contributed by atoms with E-state index in [9.17, 15) is 9.90 Å². The minimum atomic E-state index is -0.850. The van der Waals surface area contributed by atoms with Gasteiger partial charge < -0.3 is 14.9 Å². The first-order valence-corrected chi connectivity index (χ1v) is 6.34. The highest BCUT2D eigenvalue weighted by Crippen LogP contribution is 2.27. The first kappa shape index (κ1) is 15.3. The number of benzene rings is 1. The van der Waals surface area contributed by atoms with Gasteiger partial charge >= 0.3 is 5.97 Å². The second-order valence-electron chi connectivity index (χ2n) is 4.63. The van der Waals surface area contributed by atoms with Gasteiger partial charge in [0.1, 0.15) is 0 Å². The Morgan fingerprint density at radius 3 is 2.63 bits per heavy atom. The van der Waals surface area contributed by atoms with Crippen molar-refractivity contribution in [3.63, 3.8) is 0 Å². The quantitative estimate of drug-likeness (QED) is 0.791. The van der Waals surface area contributed by atoms with E-state index in [0.29, 0.717) is 18.9 Å². The Morgan fingerprint density at radius 1 is 1.42 bits per heavy atom. The van der Waals surface area contributed by atoms with Gasteiger partial charge in [0.25, 0.3) is 0 Å². The highest BCUT2D eigenvalue weighted by molar-refractivity contribution is 5.69. The van der Waals surface area contributed by atoms with Crippen LogP contribution < -0.4 is 4.74 Å². The van der Waals surface area contributed by atoms with Gasteiger partial charge in [-0.25, -0.2) is 0 Å². The van der Waals surface area contributed by atoms with Gasteiger partial charge in [0, 0.05) is 12.6 Å². The third-order valence-electron chi connectivity index (χ3n) is 2.78. The number of hydrogen-bond donors (Lipinski definition) is 2. The van der Waals surface area contributed by atoms with Crippen molar-refractivity contribution in [2.24, 2.45) is 0 Å². The minimum absolute atomic E-state index is 0.0114. The van der Waals surface area contributed by atoms with Crippen LogP contribution in [0.4, 0.5) is 0 Å². The van der Waals surface area contributed by atoms with E-state index < -0.39 is 5.97 Å². The van der Waals surface area contributed by atoms with Gasteiger partial charge in [-0.2, -0.15) is 0 Å². The van der Waals surface area contributed by atoms with Gasteiger partial charge in [-0.3, -0.25) is 9.69 Å². The topological polar surface area (TPSA) is 70.0 Å². The molecule has 0 aromatic heterocycles. The monoisotopic (exact) mass is 267 g/mol. The number of carboxylic acid groups (broad SMARTS) is 1. The number of rotatable bonds is 7. The molecule has 0 aliphatic heterocycles. The summed E-state index contributed by atoms with van der Waals surface area (Å²) < 4.78 is 5.32. The highest BCUT2D eigenvalue weighted by Gasteiger charge is 2.14. The van der Waals surface area contributed by atoms with E-state index in [1.165, 1.54) is 0 Å². The van der Waals surface area contributed by atoms with E-state index in [2.05, 4.69) is 0 Å². The first-order valence-electron chi connectivity index (χ1n) is 6.34. The van der Waals surface area contributed by atoms with Gasteiger partial charge in [0.05, 0.1) is 13.2 Å². The average molecular weight is 267 g/mol. The van der Waals surface area contributed by atoms with E-state index >= 15 is 0 Å². The molecule has 106 valence electrons. The molecule has 5 heteroatoms. The van der Waals surface area contributed by atoms with Crippen molar-refractivity contribution >= 4 is 5.97 Å². The molecule has 0 radical (unpaired) electrons. The maximum atomic E-state index is 10.8. The zero-order chi connectivity index (χ0) is 14.4. The Kier molecular flexibility index (Phi) is 5.63. The Bertz CT molecular complexity index is 431. The summed E-state index contributed by atoms with van der Waals surface area (Å²) in [5.41, 5.74) is 0.913. The largest absolute Gasteiger partial charge is 0.504 e. The predicted molar refractivity (Wildman–Crippen MR) is 72.5 cm³/mol. The molecule has 0 unspecified atom stereocenters. The molecule has 0 saturated carbocycles. The first-order chi connectivity index (χ1) is 8.93. The van der Waals surface area contributed by atoms with Crippen molar-refractivity contribution in [2.45, 2.75) is 33.4 Å². The van der Waals surface area contributed by atoms with Crippen molar-refractivity contribution in [1.29, 1.82) is 0 Å².